The summed E-state index contributed by atoms with van der Waals surface area (Å²) >= 11 is 0. The summed E-state index contributed by atoms with van der Waals surface area (Å²) in [5.74, 6) is 1.14. The minimum atomic E-state index is 0.720. The van der Waals surface area contributed by atoms with E-state index >= 15 is 0 Å². The van der Waals surface area contributed by atoms with Gasteiger partial charge in [-0.15, -0.1) is 0 Å². The lowest BCUT2D eigenvalue weighted by atomic mass is 10.0. The number of aryl methyl sites for hydroxylation is 1. The SMILES string of the molecule is CNCc1cc(C)nc(N2CCC(N(C)C)CC2)c1. The molecule has 0 aliphatic carbocycles. The van der Waals surface area contributed by atoms with Gasteiger partial charge in [-0.25, -0.2) is 4.98 Å². The number of hydrogen-bond donors (Lipinski definition) is 1. The van der Waals surface area contributed by atoms with Crippen molar-refractivity contribution in [3.05, 3.63) is 23.4 Å². The molecule has 0 bridgehead atoms. The van der Waals surface area contributed by atoms with Crippen molar-refractivity contribution in [3.8, 4) is 0 Å². The molecule has 1 N–H and O–H groups in total. The maximum Gasteiger partial charge on any atom is 0.129 e. The quantitative estimate of drug-likeness (QED) is 0.894. The van der Waals surface area contributed by atoms with E-state index in [0.29, 0.717) is 0 Å². The Morgan fingerprint density at radius 1 is 1.32 bits per heavy atom. The second-order valence-electron chi connectivity index (χ2n) is 5.69. The number of piperidine rings is 1. The lowest BCUT2D eigenvalue weighted by Crippen LogP contribution is -2.42. The molecule has 0 aromatic carbocycles. The summed E-state index contributed by atoms with van der Waals surface area (Å²) in [6, 6.07) is 5.10. The number of pyridine rings is 1. The van der Waals surface area contributed by atoms with Gasteiger partial charge in [0.05, 0.1) is 0 Å². The van der Waals surface area contributed by atoms with Crippen LogP contribution in [0.4, 0.5) is 5.82 Å². The maximum absolute atomic E-state index is 4.69. The fourth-order valence-corrected chi connectivity index (χ4v) is 2.80. The van der Waals surface area contributed by atoms with E-state index in [1.165, 1.54) is 18.4 Å². The van der Waals surface area contributed by atoms with E-state index in [9.17, 15) is 0 Å². The van der Waals surface area contributed by atoms with Gasteiger partial charge in [0.15, 0.2) is 0 Å². The maximum atomic E-state index is 4.69. The van der Waals surface area contributed by atoms with E-state index in [-0.39, 0.29) is 0 Å². The van der Waals surface area contributed by atoms with Crippen LogP contribution >= 0.6 is 0 Å². The Hall–Kier alpha value is -1.13. The van der Waals surface area contributed by atoms with Crippen molar-refractivity contribution in [1.29, 1.82) is 0 Å². The van der Waals surface area contributed by atoms with Gasteiger partial charge >= 0.3 is 0 Å². The van der Waals surface area contributed by atoms with Crippen molar-refractivity contribution in [2.24, 2.45) is 0 Å². The molecule has 4 nitrogen and oxygen atoms in total. The molecule has 2 rings (SSSR count). The lowest BCUT2D eigenvalue weighted by Gasteiger charge is -2.36. The van der Waals surface area contributed by atoms with E-state index in [0.717, 1.165) is 37.2 Å². The van der Waals surface area contributed by atoms with Gasteiger partial charge in [-0.1, -0.05) is 0 Å². The fourth-order valence-electron chi connectivity index (χ4n) is 2.80. The smallest absolute Gasteiger partial charge is 0.129 e. The number of hydrogen-bond acceptors (Lipinski definition) is 4. The normalized spacial score (nSPS) is 17.2. The first-order chi connectivity index (χ1) is 9.10. The van der Waals surface area contributed by atoms with Crippen molar-refractivity contribution in [2.45, 2.75) is 32.4 Å². The minimum Gasteiger partial charge on any atom is -0.356 e. The van der Waals surface area contributed by atoms with E-state index < -0.39 is 0 Å². The molecule has 0 radical (unpaired) electrons. The van der Waals surface area contributed by atoms with Crippen LogP contribution in [-0.2, 0) is 6.54 Å². The molecule has 1 aliphatic rings. The van der Waals surface area contributed by atoms with E-state index in [4.69, 9.17) is 4.98 Å². The first-order valence-corrected chi connectivity index (χ1v) is 7.13. The van der Waals surface area contributed by atoms with Crippen molar-refractivity contribution in [1.82, 2.24) is 15.2 Å². The lowest BCUT2D eigenvalue weighted by molar-refractivity contribution is 0.249. The number of nitrogens with zero attached hydrogens (tertiary/aromatic N) is 3. The van der Waals surface area contributed by atoms with E-state index in [1.807, 2.05) is 7.05 Å². The van der Waals surface area contributed by atoms with Gasteiger partial charge in [0.25, 0.3) is 0 Å². The first-order valence-electron chi connectivity index (χ1n) is 7.13. The molecule has 1 fully saturated rings. The van der Waals surface area contributed by atoms with Gasteiger partial charge in [-0.2, -0.15) is 0 Å². The van der Waals surface area contributed by atoms with Crippen LogP contribution in [0.5, 0.6) is 0 Å². The van der Waals surface area contributed by atoms with Gasteiger partial charge in [-0.05, 0) is 58.6 Å². The highest BCUT2D eigenvalue weighted by Gasteiger charge is 2.21. The van der Waals surface area contributed by atoms with Crippen LogP contribution < -0.4 is 10.2 Å². The molecule has 0 atom stereocenters. The number of nitrogens with one attached hydrogen (secondary N) is 1. The van der Waals surface area contributed by atoms with Gasteiger partial charge in [0.1, 0.15) is 5.82 Å². The van der Waals surface area contributed by atoms with Crippen LogP contribution in [0, 0.1) is 6.92 Å². The number of rotatable bonds is 4. The highest BCUT2D eigenvalue weighted by atomic mass is 15.2. The largest absolute Gasteiger partial charge is 0.356 e. The minimum absolute atomic E-state index is 0.720. The Morgan fingerprint density at radius 2 is 2.00 bits per heavy atom. The van der Waals surface area contributed by atoms with Crippen LogP contribution in [-0.4, -0.2) is 50.2 Å². The Balaban J connectivity index is 2.06. The zero-order chi connectivity index (χ0) is 13.8. The Bertz CT molecular complexity index is 409. The molecule has 19 heavy (non-hydrogen) atoms. The number of anilines is 1. The summed E-state index contributed by atoms with van der Waals surface area (Å²) in [7, 11) is 6.34. The van der Waals surface area contributed by atoms with Gasteiger partial charge < -0.3 is 15.1 Å². The zero-order valence-electron chi connectivity index (χ0n) is 12.6. The van der Waals surface area contributed by atoms with Gasteiger partial charge in [0, 0.05) is 31.4 Å². The van der Waals surface area contributed by atoms with Crippen LogP contribution in [0.25, 0.3) is 0 Å². The van der Waals surface area contributed by atoms with Crippen LogP contribution in [0.15, 0.2) is 12.1 Å². The summed E-state index contributed by atoms with van der Waals surface area (Å²) in [6.45, 7) is 5.20. The van der Waals surface area contributed by atoms with E-state index in [1.54, 1.807) is 0 Å². The predicted octanol–water partition coefficient (Wildman–Crippen LogP) is 1.64. The summed E-state index contributed by atoms with van der Waals surface area (Å²) in [6.07, 6.45) is 2.45. The first kappa shape index (κ1) is 14.3. The molecule has 0 spiro atoms. The van der Waals surface area contributed by atoms with E-state index in [2.05, 4.69) is 48.3 Å². The molecule has 0 amide bonds. The summed E-state index contributed by atoms with van der Waals surface area (Å²) in [5, 5.41) is 3.21. The van der Waals surface area contributed by atoms with Crippen LogP contribution in [0.3, 0.4) is 0 Å². The molecule has 1 aromatic rings. The van der Waals surface area contributed by atoms with Gasteiger partial charge in [0.2, 0.25) is 0 Å². The topological polar surface area (TPSA) is 31.4 Å². The molecular formula is C15H26N4. The van der Waals surface area contributed by atoms with Crippen LogP contribution in [0.2, 0.25) is 0 Å². The molecule has 1 aliphatic heterocycles. The second kappa shape index (κ2) is 6.35. The summed E-state index contributed by atoms with van der Waals surface area (Å²) in [5.41, 5.74) is 2.43. The third kappa shape index (κ3) is 3.67. The molecular weight excluding hydrogens is 236 g/mol. The highest BCUT2D eigenvalue weighted by molar-refractivity contribution is 5.43. The fraction of sp³-hybridized carbons (Fsp3) is 0.667. The Morgan fingerprint density at radius 3 is 2.58 bits per heavy atom. The predicted molar refractivity (Wildman–Crippen MR) is 80.7 cm³/mol. The monoisotopic (exact) mass is 262 g/mol. The van der Waals surface area contributed by atoms with Crippen LogP contribution in [0.1, 0.15) is 24.1 Å². The number of aromatic nitrogens is 1. The molecule has 1 saturated heterocycles. The zero-order valence-corrected chi connectivity index (χ0v) is 12.6. The molecule has 2 heterocycles. The van der Waals surface area contributed by atoms with Crippen molar-refractivity contribution < 1.29 is 0 Å². The highest BCUT2D eigenvalue weighted by Crippen LogP contribution is 2.21. The Kier molecular flexibility index (Phi) is 4.77. The molecule has 0 saturated carbocycles. The molecule has 1 aromatic heterocycles. The summed E-state index contributed by atoms with van der Waals surface area (Å²) < 4.78 is 0. The summed E-state index contributed by atoms with van der Waals surface area (Å²) in [4.78, 5) is 9.46. The molecule has 106 valence electrons. The third-order valence-corrected chi connectivity index (χ3v) is 3.90. The van der Waals surface area contributed by atoms with Crippen molar-refractivity contribution >= 4 is 5.82 Å². The molecule has 4 heteroatoms. The van der Waals surface area contributed by atoms with Crippen molar-refractivity contribution in [3.63, 3.8) is 0 Å². The standard InChI is InChI=1S/C15H26N4/c1-12-9-13(11-16-2)10-15(17-12)19-7-5-14(6-8-19)18(3)4/h9-10,14,16H,5-8,11H2,1-4H3. The average Bonchev–Trinajstić information content (AvgIpc) is 2.38. The second-order valence-corrected chi connectivity index (χ2v) is 5.69. The average molecular weight is 262 g/mol. The van der Waals surface area contributed by atoms with Crippen molar-refractivity contribution in [2.75, 3.05) is 39.1 Å². The van der Waals surface area contributed by atoms with Gasteiger partial charge in [-0.3, -0.25) is 0 Å². The third-order valence-electron chi connectivity index (χ3n) is 3.90. The Labute approximate surface area is 116 Å². The molecule has 0 unspecified atom stereocenters.